The molecule has 244 valence electrons. The van der Waals surface area contributed by atoms with Crippen molar-refractivity contribution in [2.24, 2.45) is 0 Å². The van der Waals surface area contributed by atoms with Crippen LogP contribution in [0.3, 0.4) is 0 Å². The van der Waals surface area contributed by atoms with Gasteiger partial charge in [0, 0.05) is 66.5 Å². The normalized spacial score (nSPS) is 12.2. The predicted molar refractivity (Wildman–Crippen MR) is 201 cm³/mol. The number of anilines is 1. The molecule has 50 heavy (non-hydrogen) atoms. The van der Waals surface area contributed by atoms with Gasteiger partial charge in [0.1, 0.15) is 11.4 Å². The molecule has 0 N–H and O–H groups in total. The number of nitrogens with zero attached hydrogens (tertiary/aromatic N) is 6. The molecule has 8 aromatic rings. The first-order valence-electron chi connectivity index (χ1n) is 16.4. The van der Waals surface area contributed by atoms with Gasteiger partial charge in [-0.3, -0.25) is 4.68 Å². The number of fused-ring (bicyclic) bond motifs is 1. The van der Waals surface area contributed by atoms with Gasteiger partial charge >= 0.3 is 0 Å². The summed E-state index contributed by atoms with van der Waals surface area (Å²) in [5.74, 6) is 0.874. The van der Waals surface area contributed by atoms with E-state index in [1.807, 2.05) is 98.4 Å². The maximum absolute atomic E-state index is 14.1. The summed E-state index contributed by atoms with van der Waals surface area (Å²) in [6.07, 6.45) is 9.62. The second-order valence-corrected chi connectivity index (χ2v) is 13.7. The molecule has 0 fully saturated rings. The smallest absolute Gasteiger partial charge is 0.158 e. The Labute approximate surface area is 293 Å². The minimum atomic E-state index is -1.52. The molecule has 0 spiro atoms. The van der Waals surface area contributed by atoms with Crippen LogP contribution in [0.15, 0.2) is 175 Å². The van der Waals surface area contributed by atoms with E-state index in [0.29, 0.717) is 10.5 Å². The molecule has 0 amide bonds. The quantitative estimate of drug-likeness (QED) is 0.144. The van der Waals surface area contributed by atoms with Crippen LogP contribution in [0.25, 0.3) is 33.3 Å². The average molecular weight is 671 g/mol. The zero-order valence-corrected chi connectivity index (χ0v) is 28.5. The molecule has 0 aliphatic carbocycles. The van der Waals surface area contributed by atoms with Gasteiger partial charge in [-0.05, 0) is 47.0 Å². The zero-order valence-electron chi connectivity index (χ0n) is 27.7. The highest BCUT2D eigenvalue weighted by molar-refractivity contribution is 7.83. The second-order valence-electron chi connectivity index (χ2n) is 12.3. The van der Waals surface area contributed by atoms with Gasteiger partial charge in [-0.25, -0.2) is 18.1 Å². The summed E-state index contributed by atoms with van der Waals surface area (Å²) in [6, 6.07) is 47.1. The molecule has 0 bridgehead atoms. The molecular formula is C42H34N6OS. The number of rotatable bonds is 9. The van der Waals surface area contributed by atoms with Gasteiger partial charge in [0.15, 0.2) is 16.6 Å². The number of hydrogen-bond donors (Lipinski definition) is 0. The second kappa shape index (κ2) is 13.1. The minimum absolute atomic E-state index is 0.622. The lowest BCUT2D eigenvalue weighted by atomic mass is 9.77. The van der Waals surface area contributed by atoms with Crippen LogP contribution in [0.4, 0.5) is 5.82 Å². The molecular weight excluding hydrogens is 637 g/mol. The maximum Gasteiger partial charge on any atom is 0.158 e. The summed E-state index contributed by atoms with van der Waals surface area (Å²) in [4.78, 5) is 12.2. The molecule has 7 nitrogen and oxygen atoms in total. The van der Waals surface area contributed by atoms with Crippen LogP contribution in [0.5, 0.6) is 0 Å². The fourth-order valence-electron chi connectivity index (χ4n) is 6.65. The lowest BCUT2D eigenvalue weighted by Crippen LogP contribution is -2.38. The Morgan fingerprint density at radius 1 is 0.600 bits per heavy atom. The van der Waals surface area contributed by atoms with Gasteiger partial charge in [-0.15, -0.1) is 0 Å². The van der Waals surface area contributed by atoms with Gasteiger partial charge < -0.3 is 4.90 Å². The van der Waals surface area contributed by atoms with Gasteiger partial charge in [-0.2, -0.15) is 5.10 Å². The molecule has 4 heterocycles. The van der Waals surface area contributed by atoms with E-state index in [0.717, 1.165) is 50.1 Å². The van der Waals surface area contributed by atoms with E-state index >= 15 is 0 Å². The topological polar surface area (TPSA) is 68.8 Å². The van der Waals surface area contributed by atoms with Crippen LogP contribution < -0.4 is 4.90 Å². The monoisotopic (exact) mass is 670 g/mol. The number of benzene rings is 4. The first kappa shape index (κ1) is 31.2. The standard InChI is InChI=1S/C42H34N6OS/c1-46(2)40-24-23-31(26-43-40)32-25-38-39(30-47(41(38)44-27-32)50(49)37-21-13-6-14-22-37)33-28-45-48(29-33)42(34-15-7-3-8-16-34,35-17-9-4-10-18-35)36-19-11-5-12-20-36/h3-30H,1-2H3. The summed E-state index contributed by atoms with van der Waals surface area (Å²) < 4.78 is 17.9. The third-order valence-corrected chi connectivity index (χ3v) is 10.4. The fraction of sp³-hybridized carbons (Fsp3) is 0.0714. The third kappa shape index (κ3) is 5.40. The van der Waals surface area contributed by atoms with E-state index in [9.17, 15) is 4.21 Å². The molecule has 4 aromatic carbocycles. The van der Waals surface area contributed by atoms with Crippen LogP contribution in [0.2, 0.25) is 0 Å². The highest BCUT2D eigenvalue weighted by Gasteiger charge is 2.39. The predicted octanol–water partition coefficient (Wildman–Crippen LogP) is 8.44. The van der Waals surface area contributed by atoms with Crippen molar-refractivity contribution in [3.63, 3.8) is 0 Å². The SMILES string of the molecule is CN(C)c1ccc(-c2cnc3c(c2)c(-c2cnn(C(c4ccccc4)(c4ccccc4)c4ccccc4)c2)cn3S(=O)c2ccccc2)cn1. The molecule has 0 radical (unpaired) electrons. The van der Waals surface area contributed by atoms with Crippen molar-refractivity contribution in [1.82, 2.24) is 23.7 Å². The molecule has 0 aliphatic rings. The highest BCUT2D eigenvalue weighted by atomic mass is 32.2. The van der Waals surface area contributed by atoms with E-state index in [1.54, 1.807) is 3.97 Å². The Morgan fingerprint density at radius 3 is 1.70 bits per heavy atom. The van der Waals surface area contributed by atoms with Crippen molar-refractivity contribution in [3.8, 4) is 22.3 Å². The maximum atomic E-state index is 14.1. The van der Waals surface area contributed by atoms with Crippen LogP contribution in [0, 0.1) is 0 Å². The van der Waals surface area contributed by atoms with Crippen molar-refractivity contribution in [3.05, 3.63) is 187 Å². The largest absolute Gasteiger partial charge is 0.363 e. The number of pyridine rings is 2. The first-order chi connectivity index (χ1) is 24.5. The van der Waals surface area contributed by atoms with Gasteiger partial charge in [0.05, 0.1) is 11.1 Å². The van der Waals surface area contributed by atoms with E-state index in [-0.39, 0.29) is 0 Å². The van der Waals surface area contributed by atoms with Crippen molar-refractivity contribution in [2.75, 3.05) is 19.0 Å². The van der Waals surface area contributed by atoms with Gasteiger partial charge in [-0.1, -0.05) is 109 Å². The highest BCUT2D eigenvalue weighted by Crippen LogP contribution is 2.42. The first-order valence-corrected chi connectivity index (χ1v) is 17.5. The van der Waals surface area contributed by atoms with Crippen molar-refractivity contribution >= 4 is 27.8 Å². The Morgan fingerprint density at radius 2 is 1.16 bits per heavy atom. The van der Waals surface area contributed by atoms with Crippen LogP contribution >= 0.6 is 0 Å². The minimum Gasteiger partial charge on any atom is -0.363 e. The van der Waals surface area contributed by atoms with E-state index in [4.69, 9.17) is 10.1 Å². The van der Waals surface area contributed by atoms with E-state index < -0.39 is 16.5 Å². The molecule has 4 aromatic heterocycles. The lowest BCUT2D eigenvalue weighted by molar-refractivity contribution is 0.460. The van der Waals surface area contributed by atoms with Crippen molar-refractivity contribution in [2.45, 2.75) is 10.4 Å². The van der Waals surface area contributed by atoms with Crippen molar-refractivity contribution < 1.29 is 4.21 Å². The van der Waals surface area contributed by atoms with E-state index in [2.05, 4.69) is 101 Å². The molecule has 8 rings (SSSR count). The molecule has 0 saturated heterocycles. The summed E-state index contributed by atoms with van der Waals surface area (Å²) >= 11 is 0. The molecule has 0 aliphatic heterocycles. The number of aromatic nitrogens is 5. The summed E-state index contributed by atoms with van der Waals surface area (Å²) in [6.45, 7) is 0. The Kier molecular flexibility index (Phi) is 8.14. The van der Waals surface area contributed by atoms with Gasteiger partial charge in [0.2, 0.25) is 0 Å². The Hall–Kier alpha value is -6.12. The van der Waals surface area contributed by atoms with Crippen LogP contribution in [-0.4, -0.2) is 42.0 Å². The molecule has 8 heteroatoms. The molecule has 0 saturated carbocycles. The van der Waals surface area contributed by atoms with Gasteiger partial charge in [0.25, 0.3) is 0 Å². The average Bonchev–Trinajstić information content (AvgIpc) is 3.82. The van der Waals surface area contributed by atoms with Crippen molar-refractivity contribution in [1.29, 1.82) is 0 Å². The Balaban J connectivity index is 1.35. The number of hydrogen-bond acceptors (Lipinski definition) is 5. The fourth-order valence-corrected chi connectivity index (χ4v) is 7.77. The molecule has 1 unspecified atom stereocenters. The Bertz CT molecular complexity index is 2310. The lowest BCUT2D eigenvalue weighted by Gasteiger charge is -2.36. The summed E-state index contributed by atoms with van der Waals surface area (Å²) in [5, 5.41) is 5.98. The van der Waals surface area contributed by atoms with Crippen LogP contribution in [0.1, 0.15) is 16.7 Å². The zero-order chi connectivity index (χ0) is 34.1. The third-order valence-electron chi connectivity index (χ3n) is 9.09. The molecule has 1 atom stereocenters. The summed E-state index contributed by atoms with van der Waals surface area (Å²) in [5.41, 5.74) is 6.72. The van der Waals surface area contributed by atoms with E-state index in [1.165, 1.54) is 0 Å². The summed E-state index contributed by atoms with van der Waals surface area (Å²) in [7, 11) is 2.42. The van der Waals surface area contributed by atoms with Crippen LogP contribution in [-0.2, 0) is 16.5 Å².